The topological polar surface area (TPSA) is 78.9 Å². The van der Waals surface area contributed by atoms with Gasteiger partial charge in [0.1, 0.15) is 13.2 Å². The van der Waals surface area contributed by atoms with Crippen LogP contribution in [0.4, 0.5) is 0 Å². The molecule has 0 bridgehead atoms. The molecular formula is C54H104O6. The maximum Gasteiger partial charge on any atom is 0.306 e. The van der Waals surface area contributed by atoms with Gasteiger partial charge in [0.25, 0.3) is 0 Å². The van der Waals surface area contributed by atoms with Crippen LogP contribution in [0.5, 0.6) is 0 Å². The van der Waals surface area contributed by atoms with Gasteiger partial charge in [-0.2, -0.15) is 0 Å². The van der Waals surface area contributed by atoms with Gasteiger partial charge in [-0.1, -0.05) is 265 Å². The quantitative estimate of drug-likeness (QED) is 0.0345. The molecule has 0 aliphatic carbocycles. The molecule has 0 saturated heterocycles. The van der Waals surface area contributed by atoms with E-state index in [4.69, 9.17) is 14.2 Å². The van der Waals surface area contributed by atoms with Crippen LogP contribution < -0.4 is 0 Å². The van der Waals surface area contributed by atoms with Crippen molar-refractivity contribution in [2.45, 2.75) is 310 Å². The lowest BCUT2D eigenvalue weighted by atomic mass is 10.0. The molecule has 0 aliphatic rings. The third-order valence-electron chi connectivity index (χ3n) is 12.3. The van der Waals surface area contributed by atoms with E-state index in [0.29, 0.717) is 19.3 Å². The predicted molar refractivity (Wildman–Crippen MR) is 257 cm³/mol. The Kier molecular flexibility index (Phi) is 47.2. The molecule has 0 unspecified atom stereocenters. The molecule has 60 heavy (non-hydrogen) atoms. The van der Waals surface area contributed by atoms with Crippen molar-refractivity contribution in [2.24, 2.45) is 5.92 Å². The summed E-state index contributed by atoms with van der Waals surface area (Å²) in [7, 11) is 0. The summed E-state index contributed by atoms with van der Waals surface area (Å²) >= 11 is 0. The van der Waals surface area contributed by atoms with E-state index >= 15 is 0 Å². The van der Waals surface area contributed by atoms with Crippen molar-refractivity contribution < 1.29 is 28.6 Å². The minimum atomic E-state index is -0.761. The van der Waals surface area contributed by atoms with Crippen LogP contribution in [-0.4, -0.2) is 37.2 Å². The van der Waals surface area contributed by atoms with E-state index in [0.717, 1.165) is 63.7 Å². The molecule has 356 valence electrons. The summed E-state index contributed by atoms with van der Waals surface area (Å²) in [6.45, 7) is 8.99. The number of esters is 3. The molecule has 0 aliphatic heterocycles. The third-order valence-corrected chi connectivity index (χ3v) is 12.3. The summed E-state index contributed by atoms with van der Waals surface area (Å²) in [6.07, 6.45) is 51.0. The molecular weight excluding hydrogens is 745 g/mol. The number of hydrogen-bond donors (Lipinski definition) is 0. The largest absolute Gasteiger partial charge is 0.462 e. The van der Waals surface area contributed by atoms with Crippen LogP contribution in [0.2, 0.25) is 0 Å². The normalized spacial score (nSPS) is 11.9. The standard InChI is InChI=1S/C54H104O6/c1-5-7-9-11-13-15-17-19-21-22-24-26-28-30-34-39-43-47-54(57)60-51(49-59-53(56)46-42-38-35-31-32-36-40-44-50(3)4)48-58-52(55)45-41-37-33-29-27-25-23-20-18-16-14-12-10-8-6-2/h50-51H,5-49H2,1-4H3/t51-/m0/s1. The maximum atomic E-state index is 12.8. The van der Waals surface area contributed by atoms with Gasteiger partial charge >= 0.3 is 17.9 Å². The second kappa shape index (κ2) is 48.4. The van der Waals surface area contributed by atoms with Crippen molar-refractivity contribution >= 4 is 17.9 Å². The van der Waals surface area contributed by atoms with Gasteiger partial charge in [0.2, 0.25) is 0 Å². The number of unbranched alkanes of at least 4 members (excludes halogenated alkanes) is 36. The lowest BCUT2D eigenvalue weighted by molar-refractivity contribution is -0.167. The number of rotatable bonds is 49. The Bertz CT molecular complexity index is 903. The van der Waals surface area contributed by atoms with E-state index in [1.165, 1.54) is 199 Å². The first-order valence-corrected chi connectivity index (χ1v) is 26.9. The number of hydrogen-bond acceptors (Lipinski definition) is 6. The Morgan fingerprint density at radius 1 is 0.317 bits per heavy atom. The van der Waals surface area contributed by atoms with Crippen LogP contribution in [0.25, 0.3) is 0 Å². The van der Waals surface area contributed by atoms with E-state index < -0.39 is 6.10 Å². The van der Waals surface area contributed by atoms with Gasteiger partial charge in [0.15, 0.2) is 6.10 Å². The van der Waals surface area contributed by atoms with E-state index in [1.807, 2.05) is 0 Å². The minimum absolute atomic E-state index is 0.0630. The number of carbonyl (C=O) groups excluding carboxylic acids is 3. The predicted octanol–water partition coefficient (Wildman–Crippen LogP) is 17.5. The monoisotopic (exact) mass is 849 g/mol. The van der Waals surface area contributed by atoms with Crippen LogP contribution in [0.3, 0.4) is 0 Å². The lowest BCUT2D eigenvalue weighted by Crippen LogP contribution is -2.30. The van der Waals surface area contributed by atoms with Gasteiger partial charge in [0, 0.05) is 19.3 Å². The fraction of sp³-hybridized carbons (Fsp3) is 0.944. The average Bonchev–Trinajstić information content (AvgIpc) is 3.23. The van der Waals surface area contributed by atoms with Crippen molar-refractivity contribution in [1.82, 2.24) is 0 Å². The highest BCUT2D eigenvalue weighted by Gasteiger charge is 2.19. The summed E-state index contributed by atoms with van der Waals surface area (Å²) in [5.74, 6) is -0.0630. The number of ether oxygens (including phenoxy) is 3. The second-order valence-corrected chi connectivity index (χ2v) is 19.0. The highest BCUT2D eigenvalue weighted by Crippen LogP contribution is 2.17. The molecule has 6 nitrogen and oxygen atoms in total. The molecule has 0 aromatic rings. The molecule has 6 heteroatoms. The Morgan fingerprint density at radius 2 is 0.550 bits per heavy atom. The summed E-state index contributed by atoms with van der Waals surface area (Å²) < 4.78 is 16.8. The zero-order chi connectivity index (χ0) is 43.8. The summed E-state index contributed by atoms with van der Waals surface area (Å²) in [5, 5.41) is 0. The third kappa shape index (κ3) is 47.5. The zero-order valence-corrected chi connectivity index (χ0v) is 40.9. The van der Waals surface area contributed by atoms with Gasteiger partial charge in [-0.05, 0) is 25.2 Å². The molecule has 0 radical (unpaired) electrons. The molecule has 0 heterocycles. The van der Waals surface area contributed by atoms with Gasteiger partial charge < -0.3 is 14.2 Å². The molecule has 0 spiro atoms. The van der Waals surface area contributed by atoms with Gasteiger partial charge in [-0.25, -0.2) is 0 Å². The van der Waals surface area contributed by atoms with Gasteiger partial charge in [-0.15, -0.1) is 0 Å². The van der Waals surface area contributed by atoms with Crippen molar-refractivity contribution in [1.29, 1.82) is 0 Å². The minimum Gasteiger partial charge on any atom is -0.462 e. The highest BCUT2D eigenvalue weighted by molar-refractivity contribution is 5.71. The molecule has 1 atom stereocenters. The van der Waals surface area contributed by atoms with Gasteiger partial charge in [-0.3, -0.25) is 14.4 Å². The highest BCUT2D eigenvalue weighted by atomic mass is 16.6. The average molecular weight is 849 g/mol. The zero-order valence-electron chi connectivity index (χ0n) is 40.9. The molecule has 0 N–H and O–H groups in total. The molecule has 0 aromatic carbocycles. The Hall–Kier alpha value is -1.59. The molecule has 0 saturated carbocycles. The molecule has 0 fully saturated rings. The van der Waals surface area contributed by atoms with Crippen LogP contribution in [0.15, 0.2) is 0 Å². The fourth-order valence-corrected chi connectivity index (χ4v) is 8.22. The van der Waals surface area contributed by atoms with E-state index in [-0.39, 0.29) is 31.1 Å². The Morgan fingerprint density at radius 3 is 0.817 bits per heavy atom. The van der Waals surface area contributed by atoms with Crippen molar-refractivity contribution in [3.8, 4) is 0 Å². The SMILES string of the molecule is CCCCCCCCCCCCCCCCCCCC(=O)O[C@@H](COC(=O)CCCCCCCCCCCCCCCCC)COC(=O)CCCCCCCCCC(C)C. The molecule has 0 aromatic heterocycles. The lowest BCUT2D eigenvalue weighted by Gasteiger charge is -2.18. The maximum absolute atomic E-state index is 12.8. The van der Waals surface area contributed by atoms with E-state index in [9.17, 15) is 14.4 Å². The summed E-state index contributed by atoms with van der Waals surface area (Å²) in [6, 6.07) is 0. The van der Waals surface area contributed by atoms with Crippen LogP contribution in [0, 0.1) is 5.92 Å². The van der Waals surface area contributed by atoms with Crippen LogP contribution in [-0.2, 0) is 28.6 Å². The summed E-state index contributed by atoms with van der Waals surface area (Å²) in [5.41, 5.74) is 0. The summed E-state index contributed by atoms with van der Waals surface area (Å²) in [4.78, 5) is 37.9. The van der Waals surface area contributed by atoms with Gasteiger partial charge in [0.05, 0.1) is 0 Å². The van der Waals surface area contributed by atoms with Crippen molar-refractivity contribution in [2.75, 3.05) is 13.2 Å². The smallest absolute Gasteiger partial charge is 0.306 e. The fourth-order valence-electron chi connectivity index (χ4n) is 8.22. The molecule has 0 rings (SSSR count). The van der Waals surface area contributed by atoms with Crippen molar-refractivity contribution in [3.05, 3.63) is 0 Å². The van der Waals surface area contributed by atoms with E-state index in [2.05, 4.69) is 27.7 Å². The first-order chi connectivity index (χ1) is 29.4. The van der Waals surface area contributed by atoms with E-state index in [1.54, 1.807) is 0 Å². The first kappa shape index (κ1) is 58.4. The molecule has 0 amide bonds. The second-order valence-electron chi connectivity index (χ2n) is 19.0. The Balaban J connectivity index is 4.27. The van der Waals surface area contributed by atoms with Crippen LogP contribution >= 0.6 is 0 Å². The van der Waals surface area contributed by atoms with Crippen LogP contribution in [0.1, 0.15) is 304 Å². The first-order valence-electron chi connectivity index (χ1n) is 26.9. The Labute approximate surface area is 374 Å². The number of carbonyl (C=O) groups is 3. The van der Waals surface area contributed by atoms with Crippen molar-refractivity contribution in [3.63, 3.8) is 0 Å².